The SMILES string of the molecule is CCCSc1ncc(N)c(=O)[nH]1. The molecule has 0 amide bonds. The van der Waals surface area contributed by atoms with Crippen molar-refractivity contribution in [2.45, 2.75) is 18.5 Å². The molecule has 0 radical (unpaired) electrons. The van der Waals surface area contributed by atoms with Crippen molar-refractivity contribution in [2.75, 3.05) is 11.5 Å². The molecule has 0 aliphatic carbocycles. The second-order valence-electron chi connectivity index (χ2n) is 2.32. The zero-order valence-electron chi connectivity index (χ0n) is 6.83. The molecule has 0 saturated carbocycles. The Kier molecular flexibility index (Phi) is 3.16. The first-order valence-electron chi connectivity index (χ1n) is 3.71. The molecule has 12 heavy (non-hydrogen) atoms. The van der Waals surface area contributed by atoms with Gasteiger partial charge in [0.25, 0.3) is 5.56 Å². The minimum absolute atomic E-state index is 0.163. The van der Waals surface area contributed by atoms with Crippen LogP contribution in [0.5, 0.6) is 0 Å². The van der Waals surface area contributed by atoms with E-state index in [9.17, 15) is 4.79 Å². The molecule has 1 aromatic heterocycles. The average Bonchev–Trinajstić information content (AvgIpc) is 2.07. The summed E-state index contributed by atoms with van der Waals surface area (Å²) in [4.78, 5) is 17.5. The van der Waals surface area contributed by atoms with Crippen molar-refractivity contribution in [1.29, 1.82) is 0 Å². The molecular weight excluding hydrogens is 174 g/mol. The molecule has 0 aliphatic rings. The first-order valence-corrected chi connectivity index (χ1v) is 4.70. The number of anilines is 1. The van der Waals surface area contributed by atoms with Crippen molar-refractivity contribution in [3.63, 3.8) is 0 Å². The third kappa shape index (κ3) is 2.27. The van der Waals surface area contributed by atoms with Crippen LogP contribution in [-0.2, 0) is 0 Å². The van der Waals surface area contributed by atoms with Gasteiger partial charge in [-0.1, -0.05) is 18.7 Å². The number of nitrogen functional groups attached to an aromatic ring is 1. The van der Waals surface area contributed by atoms with Gasteiger partial charge < -0.3 is 5.73 Å². The van der Waals surface area contributed by atoms with Crippen LogP contribution in [0.1, 0.15) is 13.3 Å². The third-order valence-corrected chi connectivity index (χ3v) is 2.34. The molecule has 3 N–H and O–H groups in total. The van der Waals surface area contributed by atoms with E-state index in [0.29, 0.717) is 5.16 Å². The minimum Gasteiger partial charge on any atom is -0.393 e. The van der Waals surface area contributed by atoms with Crippen LogP contribution in [0.3, 0.4) is 0 Å². The molecule has 4 nitrogen and oxygen atoms in total. The van der Waals surface area contributed by atoms with E-state index in [2.05, 4.69) is 16.9 Å². The second kappa shape index (κ2) is 4.15. The van der Waals surface area contributed by atoms with Gasteiger partial charge in [-0.05, 0) is 6.42 Å². The van der Waals surface area contributed by atoms with E-state index in [1.54, 1.807) is 0 Å². The molecule has 1 aromatic rings. The van der Waals surface area contributed by atoms with E-state index >= 15 is 0 Å². The first-order chi connectivity index (χ1) is 5.74. The molecule has 1 rings (SSSR count). The molecule has 0 spiro atoms. The Morgan fingerprint density at radius 2 is 2.50 bits per heavy atom. The van der Waals surface area contributed by atoms with Crippen molar-refractivity contribution in [3.8, 4) is 0 Å². The largest absolute Gasteiger partial charge is 0.393 e. The van der Waals surface area contributed by atoms with Gasteiger partial charge in [0.1, 0.15) is 5.69 Å². The Balaban J connectivity index is 2.76. The summed E-state index contributed by atoms with van der Waals surface area (Å²) in [6.45, 7) is 2.07. The van der Waals surface area contributed by atoms with Crippen LogP contribution in [0.2, 0.25) is 0 Å². The lowest BCUT2D eigenvalue weighted by atomic mass is 10.6. The molecule has 0 saturated heterocycles. The van der Waals surface area contributed by atoms with Crippen LogP contribution >= 0.6 is 11.8 Å². The maximum atomic E-state index is 11.0. The number of nitrogens with zero attached hydrogens (tertiary/aromatic N) is 1. The first kappa shape index (κ1) is 9.12. The maximum absolute atomic E-state index is 11.0. The highest BCUT2D eigenvalue weighted by Gasteiger charge is 1.97. The number of hydrogen-bond acceptors (Lipinski definition) is 4. The van der Waals surface area contributed by atoms with Crippen molar-refractivity contribution < 1.29 is 0 Å². The number of nitrogens with one attached hydrogen (secondary N) is 1. The van der Waals surface area contributed by atoms with E-state index < -0.39 is 0 Å². The lowest BCUT2D eigenvalue weighted by Crippen LogP contribution is -2.12. The van der Waals surface area contributed by atoms with Crippen LogP contribution < -0.4 is 11.3 Å². The van der Waals surface area contributed by atoms with E-state index in [4.69, 9.17) is 5.73 Å². The summed E-state index contributed by atoms with van der Waals surface area (Å²) in [5.74, 6) is 0.951. The molecule has 1 heterocycles. The van der Waals surface area contributed by atoms with Gasteiger partial charge in [-0.25, -0.2) is 4.98 Å². The Bertz CT molecular complexity index is 310. The molecular formula is C7H11N3OS. The van der Waals surface area contributed by atoms with Gasteiger partial charge in [0.2, 0.25) is 0 Å². The summed E-state index contributed by atoms with van der Waals surface area (Å²) in [5, 5.41) is 0.635. The van der Waals surface area contributed by atoms with Gasteiger partial charge >= 0.3 is 0 Å². The molecule has 66 valence electrons. The topological polar surface area (TPSA) is 71.8 Å². The predicted molar refractivity (Wildman–Crippen MR) is 50.3 cm³/mol. The molecule has 0 unspecified atom stereocenters. The summed E-state index contributed by atoms with van der Waals surface area (Å²) in [6, 6.07) is 0. The van der Waals surface area contributed by atoms with Crippen molar-refractivity contribution in [1.82, 2.24) is 9.97 Å². The Labute approximate surface area is 74.6 Å². The highest BCUT2D eigenvalue weighted by molar-refractivity contribution is 7.99. The van der Waals surface area contributed by atoms with E-state index in [-0.39, 0.29) is 11.2 Å². The number of nitrogens with two attached hydrogens (primary N) is 1. The quantitative estimate of drug-likeness (QED) is 0.541. The van der Waals surface area contributed by atoms with Crippen LogP contribution in [-0.4, -0.2) is 15.7 Å². The minimum atomic E-state index is -0.261. The highest BCUT2D eigenvalue weighted by atomic mass is 32.2. The molecule has 5 heteroatoms. The number of hydrogen-bond donors (Lipinski definition) is 2. The van der Waals surface area contributed by atoms with Gasteiger partial charge in [0.15, 0.2) is 5.16 Å². The number of H-pyrrole nitrogens is 1. The number of rotatable bonds is 3. The maximum Gasteiger partial charge on any atom is 0.274 e. The number of aromatic nitrogens is 2. The highest BCUT2D eigenvalue weighted by Crippen LogP contribution is 2.11. The van der Waals surface area contributed by atoms with E-state index in [1.165, 1.54) is 18.0 Å². The smallest absolute Gasteiger partial charge is 0.274 e. The summed E-state index contributed by atoms with van der Waals surface area (Å²) in [6.07, 6.45) is 2.44. The number of aromatic amines is 1. The molecule has 0 bridgehead atoms. The van der Waals surface area contributed by atoms with Crippen molar-refractivity contribution >= 4 is 17.4 Å². The molecule has 0 fully saturated rings. The van der Waals surface area contributed by atoms with Crippen molar-refractivity contribution in [2.24, 2.45) is 0 Å². The fourth-order valence-corrected chi connectivity index (χ4v) is 1.35. The van der Waals surface area contributed by atoms with Gasteiger partial charge in [-0.2, -0.15) is 0 Å². The Morgan fingerprint density at radius 1 is 1.75 bits per heavy atom. The average molecular weight is 185 g/mol. The van der Waals surface area contributed by atoms with Gasteiger partial charge in [-0.3, -0.25) is 9.78 Å². The Morgan fingerprint density at radius 3 is 3.08 bits per heavy atom. The fourth-order valence-electron chi connectivity index (χ4n) is 0.660. The summed E-state index contributed by atoms with van der Waals surface area (Å²) >= 11 is 1.52. The standard InChI is InChI=1S/C7H11N3OS/c1-2-3-12-7-9-4-5(8)6(11)10-7/h4H,2-3,8H2,1H3,(H,9,10,11). The van der Waals surface area contributed by atoms with Crippen LogP contribution in [0, 0.1) is 0 Å². The molecule has 0 aromatic carbocycles. The monoisotopic (exact) mass is 185 g/mol. The fraction of sp³-hybridized carbons (Fsp3) is 0.429. The number of thioether (sulfide) groups is 1. The lowest BCUT2D eigenvalue weighted by molar-refractivity contribution is 0.938. The van der Waals surface area contributed by atoms with E-state index in [1.807, 2.05) is 0 Å². The van der Waals surface area contributed by atoms with Crippen LogP contribution in [0.25, 0.3) is 0 Å². The predicted octanol–water partition coefficient (Wildman–Crippen LogP) is 0.854. The zero-order valence-corrected chi connectivity index (χ0v) is 7.65. The zero-order chi connectivity index (χ0) is 8.97. The normalized spacial score (nSPS) is 10.1. The van der Waals surface area contributed by atoms with Crippen molar-refractivity contribution in [3.05, 3.63) is 16.6 Å². The third-order valence-electron chi connectivity index (χ3n) is 1.25. The summed E-state index contributed by atoms with van der Waals surface area (Å²) in [5.41, 5.74) is 5.20. The Hall–Kier alpha value is -0.970. The van der Waals surface area contributed by atoms with Gasteiger partial charge in [0.05, 0.1) is 6.20 Å². The second-order valence-corrected chi connectivity index (χ2v) is 3.40. The molecule has 0 aliphatic heterocycles. The summed E-state index contributed by atoms with van der Waals surface area (Å²) in [7, 11) is 0. The molecule has 0 atom stereocenters. The van der Waals surface area contributed by atoms with Crippen LogP contribution in [0.15, 0.2) is 16.1 Å². The van der Waals surface area contributed by atoms with Gasteiger partial charge in [0, 0.05) is 5.75 Å². The van der Waals surface area contributed by atoms with Crippen LogP contribution in [0.4, 0.5) is 5.69 Å². The van der Waals surface area contributed by atoms with Gasteiger partial charge in [-0.15, -0.1) is 0 Å². The lowest BCUT2D eigenvalue weighted by Gasteiger charge is -1.97. The summed E-state index contributed by atoms with van der Waals surface area (Å²) < 4.78 is 0. The van der Waals surface area contributed by atoms with E-state index in [0.717, 1.165) is 12.2 Å².